The molecule has 0 aromatic heterocycles. The van der Waals surface area contributed by atoms with Gasteiger partial charge in [0.15, 0.2) is 0 Å². The Kier molecular flexibility index (Phi) is 3.79. The zero-order valence-electron chi connectivity index (χ0n) is 9.92. The van der Waals surface area contributed by atoms with Crippen molar-refractivity contribution in [3.05, 3.63) is 0 Å². The molecule has 0 spiro atoms. The number of halogens is 1. The van der Waals surface area contributed by atoms with E-state index < -0.39 is 41.8 Å². The lowest BCUT2D eigenvalue weighted by Crippen LogP contribution is -2.46. The Morgan fingerprint density at radius 3 is 2.44 bits per heavy atom. The van der Waals surface area contributed by atoms with E-state index in [0.29, 0.717) is 6.42 Å². The third-order valence-corrected chi connectivity index (χ3v) is 4.73. The number of fused-ring (bicyclic) bond motifs is 2. The molecule has 0 aromatic rings. The summed E-state index contributed by atoms with van der Waals surface area (Å²) in [5.74, 6) is -3.61. The maximum absolute atomic E-state index is 11.8. The smallest absolute Gasteiger partial charge is 0.313 e. The minimum atomic E-state index is -0.777. The summed E-state index contributed by atoms with van der Waals surface area (Å²) in [5.41, 5.74) is 0. The molecule has 2 bridgehead atoms. The van der Waals surface area contributed by atoms with E-state index >= 15 is 0 Å². The number of alkyl halides is 1. The Bertz CT molecular complexity index is 395. The second kappa shape index (κ2) is 5.02. The van der Waals surface area contributed by atoms with Crippen LogP contribution in [0.15, 0.2) is 0 Å². The first-order chi connectivity index (χ1) is 8.51. The highest BCUT2D eigenvalue weighted by atomic mass is 127. The molecule has 2 fully saturated rings. The summed E-state index contributed by atoms with van der Waals surface area (Å²) < 4.78 is 14.5. The summed E-state index contributed by atoms with van der Waals surface area (Å²) in [6, 6.07) is 0. The lowest BCUT2D eigenvalue weighted by Gasteiger charge is -2.32. The van der Waals surface area contributed by atoms with Crippen LogP contribution >= 0.6 is 22.6 Å². The van der Waals surface area contributed by atoms with Crippen LogP contribution in [0.25, 0.3) is 0 Å². The fraction of sp³-hybridized carbons (Fsp3) is 0.727. The fourth-order valence-corrected chi connectivity index (χ4v) is 3.83. The van der Waals surface area contributed by atoms with Crippen molar-refractivity contribution in [2.24, 2.45) is 17.8 Å². The number of carbonyl (C=O) groups excluding carboxylic acids is 3. The number of carbonyl (C=O) groups is 3. The van der Waals surface area contributed by atoms with Crippen molar-refractivity contribution >= 4 is 40.5 Å². The van der Waals surface area contributed by atoms with Crippen molar-refractivity contribution in [3.8, 4) is 0 Å². The van der Waals surface area contributed by atoms with E-state index in [2.05, 4.69) is 22.6 Å². The average molecular weight is 368 g/mol. The highest BCUT2D eigenvalue weighted by molar-refractivity contribution is 14.1. The van der Waals surface area contributed by atoms with E-state index in [1.807, 2.05) is 0 Å². The third-order valence-electron chi connectivity index (χ3n) is 3.51. The first kappa shape index (κ1) is 13.6. The number of esters is 3. The van der Waals surface area contributed by atoms with Gasteiger partial charge in [0.2, 0.25) is 0 Å². The maximum Gasteiger partial charge on any atom is 0.313 e. The quantitative estimate of drug-likeness (QED) is 0.302. The van der Waals surface area contributed by atoms with Gasteiger partial charge in [-0.1, -0.05) is 22.6 Å². The van der Waals surface area contributed by atoms with Gasteiger partial charge in [0.05, 0.1) is 26.1 Å². The molecule has 2 rings (SSSR count). The van der Waals surface area contributed by atoms with Gasteiger partial charge in [-0.3, -0.25) is 14.4 Å². The highest BCUT2D eigenvalue weighted by Crippen LogP contribution is 2.46. The Labute approximate surface area is 117 Å². The zero-order chi connectivity index (χ0) is 13.4. The predicted molar refractivity (Wildman–Crippen MR) is 66.8 cm³/mol. The van der Waals surface area contributed by atoms with Crippen LogP contribution in [0, 0.1) is 17.8 Å². The Balaban J connectivity index is 2.35. The summed E-state index contributed by atoms with van der Waals surface area (Å²) in [4.78, 5) is 35.3. The van der Waals surface area contributed by atoms with Crippen LogP contribution in [0.4, 0.5) is 0 Å². The Morgan fingerprint density at radius 2 is 1.89 bits per heavy atom. The van der Waals surface area contributed by atoms with Crippen LogP contribution in [0.1, 0.15) is 6.42 Å². The normalized spacial score (nSPS) is 37.9. The molecule has 1 saturated heterocycles. The average Bonchev–Trinajstić information content (AvgIpc) is 2.65. The summed E-state index contributed by atoms with van der Waals surface area (Å²) in [6.45, 7) is 0. The second-order valence-electron chi connectivity index (χ2n) is 4.36. The topological polar surface area (TPSA) is 78.9 Å². The molecule has 0 unspecified atom stereocenters. The molecule has 0 amide bonds. The van der Waals surface area contributed by atoms with Crippen LogP contribution in [0.2, 0.25) is 0 Å². The molecular formula is C11H13IO6. The van der Waals surface area contributed by atoms with E-state index in [0.717, 1.165) is 0 Å². The SMILES string of the molecule is COC(=O)[C@H]1[C@@H]2OC(=O)[C@@H]1[C@H](C(=O)OC)C[C@@H]2I. The van der Waals surface area contributed by atoms with Crippen molar-refractivity contribution in [1.29, 1.82) is 0 Å². The number of ether oxygens (including phenoxy) is 3. The van der Waals surface area contributed by atoms with E-state index in [9.17, 15) is 14.4 Å². The van der Waals surface area contributed by atoms with Gasteiger partial charge in [0, 0.05) is 3.92 Å². The van der Waals surface area contributed by atoms with Crippen molar-refractivity contribution in [3.63, 3.8) is 0 Å². The number of rotatable bonds is 2. The predicted octanol–water partition coefficient (Wildman–Crippen LogP) is 0.314. The molecule has 0 N–H and O–H groups in total. The van der Waals surface area contributed by atoms with Gasteiger partial charge in [-0.2, -0.15) is 0 Å². The fourth-order valence-electron chi connectivity index (χ4n) is 2.68. The molecule has 5 atom stereocenters. The molecule has 100 valence electrons. The van der Waals surface area contributed by atoms with Crippen LogP contribution in [0.5, 0.6) is 0 Å². The maximum atomic E-state index is 11.8. The molecule has 1 aliphatic carbocycles. The molecule has 18 heavy (non-hydrogen) atoms. The molecule has 0 radical (unpaired) electrons. The van der Waals surface area contributed by atoms with Crippen LogP contribution in [-0.4, -0.2) is 42.2 Å². The van der Waals surface area contributed by atoms with E-state index in [-0.39, 0.29) is 3.92 Å². The van der Waals surface area contributed by atoms with Crippen LogP contribution in [0.3, 0.4) is 0 Å². The zero-order valence-corrected chi connectivity index (χ0v) is 12.1. The number of methoxy groups -OCH3 is 2. The second-order valence-corrected chi connectivity index (χ2v) is 5.96. The lowest BCUT2D eigenvalue weighted by molar-refractivity contribution is -0.157. The number of hydrogen-bond donors (Lipinski definition) is 0. The third kappa shape index (κ3) is 1.98. The monoisotopic (exact) mass is 368 g/mol. The first-order valence-electron chi connectivity index (χ1n) is 5.51. The Hall–Kier alpha value is -0.860. The Morgan fingerprint density at radius 1 is 1.28 bits per heavy atom. The minimum absolute atomic E-state index is 0.0986. The van der Waals surface area contributed by atoms with Crippen LogP contribution in [-0.2, 0) is 28.6 Å². The minimum Gasteiger partial charge on any atom is -0.469 e. The van der Waals surface area contributed by atoms with Gasteiger partial charge < -0.3 is 14.2 Å². The van der Waals surface area contributed by atoms with Gasteiger partial charge in [-0.05, 0) is 6.42 Å². The highest BCUT2D eigenvalue weighted by Gasteiger charge is 2.60. The lowest BCUT2D eigenvalue weighted by atomic mass is 9.72. The van der Waals surface area contributed by atoms with Gasteiger partial charge in [-0.25, -0.2) is 0 Å². The summed E-state index contributed by atoms with van der Waals surface area (Å²) in [7, 11) is 2.53. The largest absolute Gasteiger partial charge is 0.469 e. The van der Waals surface area contributed by atoms with Crippen molar-refractivity contribution in [1.82, 2.24) is 0 Å². The van der Waals surface area contributed by atoms with Crippen molar-refractivity contribution in [2.75, 3.05) is 14.2 Å². The van der Waals surface area contributed by atoms with Gasteiger partial charge >= 0.3 is 17.9 Å². The molecule has 0 aromatic carbocycles. The molecule has 6 nitrogen and oxygen atoms in total. The molecule has 1 saturated carbocycles. The summed E-state index contributed by atoms with van der Waals surface area (Å²) in [6.07, 6.45) is -0.0293. The van der Waals surface area contributed by atoms with Gasteiger partial charge in [0.25, 0.3) is 0 Å². The van der Waals surface area contributed by atoms with E-state index in [4.69, 9.17) is 14.2 Å². The van der Waals surface area contributed by atoms with E-state index in [1.54, 1.807) is 0 Å². The first-order valence-corrected chi connectivity index (χ1v) is 6.76. The van der Waals surface area contributed by atoms with Crippen LogP contribution < -0.4 is 0 Å². The standard InChI is InChI=1S/C11H13IO6/c1-16-9(13)4-3-5(12)8-7(10(14)17-2)6(4)11(15)18-8/h4-8H,3H2,1-2H3/t4-,5+,6-,7-,8-/m1/s1. The van der Waals surface area contributed by atoms with Gasteiger partial charge in [-0.15, -0.1) is 0 Å². The summed E-state index contributed by atoms with van der Waals surface area (Å²) >= 11 is 2.09. The molecule has 1 heterocycles. The number of hydrogen-bond acceptors (Lipinski definition) is 6. The molecule has 1 aliphatic heterocycles. The van der Waals surface area contributed by atoms with Crippen molar-refractivity contribution < 1.29 is 28.6 Å². The van der Waals surface area contributed by atoms with Gasteiger partial charge in [0.1, 0.15) is 12.0 Å². The molecular weight excluding hydrogens is 355 g/mol. The molecule has 2 aliphatic rings. The molecule has 7 heteroatoms. The van der Waals surface area contributed by atoms with E-state index in [1.165, 1.54) is 14.2 Å². The summed E-state index contributed by atoms with van der Waals surface area (Å²) in [5, 5.41) is 0. The van der Waals surface area contributed by atoms with Crippen molar-refractivity contribution in [2.45, 2.75) is 16.4 Å².